The van der Waals surface area contributed by atoms with Crippen molar-refractivity contribution in [2.45, 2.75) is 0 Å². The third-order valence-electron chi connectivity index (χ3n) is 1.86. The van der Waals surface area contributed by atoms with Crippen LogP contribution in [0, 0.1) is 0 Å². The average Bonchev–Trinajstić information content (AvgIpc) is 2.18. The zero-order valence-electron chi connectivity index (χ0n) is 8.16. The predicted molar refractivity (Wildman–Crippen MR) is 56.7 cm³/mol. The highest BCUT2D eigenvalue weighted by molar-refractivity contribution is 6.33. The first kappa shape index (κ1) is 10.9. The third-order valence-corrected chi connectivity index (χ3v) is 2.18. The lowest BCUT2D eigenvalue weighted by atomic mass is 10.3. The van der Waals surface area contributed by atoms with Crippen LogP contribution < -0.4 is 4.90 Å². The summed E-state index contributed by atoms with van der Waals surface area (Å²) in [5.41, 5.74) is 0.819. The maximum Gasteiger partial charge on any atom is 0.325 e. The Morgan fingerprint density at radius 1 is 1.50 bits per heavy atom. The minimum absolute atomic E-state index is 0.195. The summed E-state index contributed by atoms with van der Waals surface area (Å²) in [6.07, 6.45) is 0. The Morgan fingerprint density at radius 3 is 2.71 bits per heavy atom. The monoisotopic (exact) mass is 213 g/mol. The van der Waals surface area contributed by atoms with Crippen LogP contribution in [0.15, 0.2) is 24.3 Å². The molecular weight excluding hydrogens is 202 g/mol. The van der Waals surface area contributed by atoms with Gasteiger partial charge in [0.15, 0.2) is 0 Å². The van der Waals surface area contributed by atoms with Crippen LogP contribution in [0.5, 0.6) is 0 Å². The fraction of sp³-hybridized carbons (Fsp3) is 0.300. The second-order valence-corrected chi connectivity index (χ2v) is 3.29. The molecule has 0 aliphatic carbocycles. The molecule has 0 aliphatic rings. The molecule has 0 aliphatic heterocycles. The number of halogens is 1. The molecule has 0 atom stereocenters. The standard InChI is InChI=1S/C10H12ClNO2/c1-12(7-10(13)14-2)9-6-4-3-5-8(9)11/h3-6H,7H2,1-2H3. The Kier molecular flexibility index (Phi) is 3.77. The number of hydrogen-bond donors (Lipinski definition) is 0. The Balaban J connectivity index is 2.74. The van der Waals surface area contributed by atoms with Gasteiger partial charge < -0.3 is 9.64 Å². The van der Waals surface area contributed by atoms with Gasteiger partial charge in [0.2, 0.25) is 0 Å². The highest BCUT2D eigenvalue weighted by Crippen LogP contribution is 2.23. The Bertz CT molecular complexity index is 328. The van der Waals surface area contributed by atoms with Gasteiger partial charge in [0, 0.05) is 7.05 Å². The molecule has 0 unspecified atom stereocenters. The molecule has 0 aromatic heterocycles. The number of ether oxygens (including phenoxy) is 1. The van der Waals surface area contributed by atoms with Crippen LogP contribution in [0.4, 0.5) is 5.69 Å². The molecule has 0 fully saturated rings. The highest BCUT2D eigenvalue weighted by atomic mass is 35.5. The minimum atomic E-state index is -0.285. The molecule has 0 radical (unpaired) electrons. The van der Waals surface area contributed by atoms with E-state index in [4.69, 9.17) is 11.6 Å². The third kappa shape index (κ3) is 2.64. The first-order valence-electron chi connectivity index (χ1n) is 4.17. The van der Waals surface area contributed by atoms with Crippen LogP contribution in [-0.2, 0) is 9.53 Å². The lowest BCUT2D eigenvalue weighted by molar-refractivity contribution is -0.138. The first-order valence-corrected chi connectivity index (χ1v) is 4.55. The molecule has 3 nitrogen and oxygen atoms in total. The van der Waals surface area contributed by atoms with Crippen molar-refractivity contribution in [2.24, 2.45) is 0 Å². The fourth-order valence-corrected chi connectivity index (χ4v) is 1.38. The van der Waals surface area contributed by atoms with E-state index in [-0.39, 0.29) is 12.5 Å². The number of carbonyl (C=O) groups excluding carboxylic acids is 1. The van der Waals surface area contributed by atoms with Crippen LogP contribution in [0.2, 0.25) is 5.02 Å². The predicted octanol–water partition coefficient (Wildman–Crippen LogP) is 1.95. The number of hydrogen-bond acceptors (Lipinski definition) is 3. The first-order chi connectivity index (χ1) is 6.65. The summed E-state index contributed by atoms with van der Waals surface area (Å²) in [7, 11) is 3.15. The summed E-state index contributed by atoms with van der Waals surface area (Å²) >= 11 is 5.95. The minimum Gasteiger partial charge on any atom is -0.468 e. The normalized spacial score (nSPS) is 9.64. The summed E-state index contributed by atoms with van der Waals surface area (Å²) < 4.78 is 4.56. The van der Waals surface area contributed by atoms with E-state index in [1.165, 1.54) is 7.11 Å². The van der Waals surface area contributed by atoms with Gasteiger partial charge in [-0.25, -0.2) is 0 Å². The zero-order valence-corrected chi connectivity index (χ0v) is 8.91. The van der Waals surface area contributed by atoms with Crippen molar-refractivity contribution in [1.29, 1.82) is 0 Å². The number of benzene rings is 1. The van der Waals surface area contributed by atoms with Crippen LogP contribution in [0.1, 0.15) is 0 Å². The quantitative estimate of drug-likeness (QED) is 0.719. The fourth-order valence-electron chi connectivity index (χ4n) is 1.10. The van der Waals surface area contributed by atoms with Crippen molar-refractivity contribution in [3.05, 3.63) is 29.3 Å². The van der Waals surface area contributed by atoms with Gasteiger partial charge in [0.05, 0.1) is 17.8 Å². The Labute approximate surface area is 88.2 Å². The number of rotatable bonds is 3. The molecular formula is C10H12ClNO2. The Morgan fingerprint density at radius 2 is 2.14 bits per heavy atom. The summed E-state index contributed by atoms with van der Waals surface area (Å²) in [6, 6.07) is 7.35. The molecule has 0 spiro atoms. The lowest BCUT2D eigenvalue weighted by Gasteiger charge is -2.18. The molecule has 4 heteroatoms. The van der Waals surface area contributed by atoms with E-state index < -0.39 is 0 Å². The molecule has 0 saturated carbocycles. The summed E-state index contributed by atoms with van der Waals surface area (Å²) in [5.74, 6) is -0.285. The van der Waals surface area contributed by atoms with Crippen molar-refractivity contribution >= 4 is 23.3 Å². The molecule has 14 heavy (non-hydrogen) atoms. The van der Waals surface area contributed by atoms with Crippen LogP contribution in [0.25, 0.3) is 0 Å². The second-order valence-electron chi connectivity index (χ2n) is 2.88. The van der Waals surface area contributed by atoms with Gasteiger partial charge >= 0.3 is 5.97 Å². The molecule has 0 saturated heterocycles. The molecule has 0 bridgehead atoms. The van der Waals surface area contributed by atoms with Gasteiger partial charge in [-0.05, 0) is 12.1 Å². The van der Waals surface area contributed by atoms with E-state index in [1.807, 2.05) is 18.2 Å². The van der Waals surface area contributed by atoms with E-state index in [1.54, 1.807) is 18.0 Å². The van der Waals surface area contributed by atoms with Crippen molar-refractivity contribution < 1.29 is 9.53 Å². The summed E-state index contributed by atoms with van der Waals surface area (Å²) in [6.45, 7) is 0.195. The largest absolute Gasteiger partial charge is 0.468 e. The molecule has 0 amide bonds. The molecule has 1 aromatic rings. The average molecular weight is 214 g/mol. The van der Waals surface area contributed by atoms with Gasteiger partial charge in [0.1, 0.15) is 6.54 Å². The van der Waals surface area contributed by atoms with Crippen molar-refractivity contribution in [3.8, 4) is 0 Å². The van der Waals surface area contributed by atoms with E-state index in [0.29, 0.717) is 5.02 Å². The van der Waals surface area contributed by atoms with Crippen LogP contribution in [-0.4, -0.2) is 26.7 Å². The molecule has 1 rings (SSSR count). The SMILES string of the molecule is COC(=O)CN(C)c1ccccc1Cl. The van der Waals surface area contributed by atoms with Gasteiger partial charge in [-0.2, -0.15) is 0 Å². The number of methoxy groups -OCH3 is 1. The van der Waals surface area contributed by atoms with E-state index >= 15 is 0 Å². The van der Waals surface area contributed by atoms with E-state index in [0.717, 1.165) is 5.69 Å². The molecule has 1 aromatic carbocycles. The van der Waals surface area contributed by atoms with Gasteiger partial charge in [-0.3, -0.25) is 4.79 Å². The maximum absolute atomic E-state index is 11.0. The smallest absolute Gasteiger partial charge is 0.325 e. The van der Waals surface area contributed by atoms with E-state index in [9.17, 15) is 4.79 Å². The Hall–Kier alpha value is -1.22. The topological polar surface area (TPSA) is 29.5 Å². The zero-order chi connectivity index (χ0) is 10.6. The summed E-state index contributed by atoms with van der Waals surface area (Å²) in [5, 5.41) is 0.624. The van der Waals surface area contributed by atoms with E-state index in [2.05, 4.69) is 4.74 Å². The number of para-hydroxylation sites is 1. The molecule has 76 valence electrons. The number of likely N-dealkylation sites (N-methyl/N-ethyl adjacent to an activating group) is 1. The van der Waals surface area contributed by atoms with Crippen LogP contribution in [0.3, 0.4) is 0 Å². The summed E-state index contributed by atoms with van der Waals surface area (Å²) in [4.78, 5) is 12.7. The number of carbonyl (C=O) groups is 1. The van der Waals surface area contributed by atoms with Crippen molar-refractivity contribution in [1.82, 2.24) is 0 Å². The number of nitrogens with zero attached hydrogens (tertiary/aromatic N) is 1. The van der Waals surface area contributed by atoms with Crippen molar-refractivity contribution in [2.75, 3.05) is 25.6 Å². The molecule has 0 heterocycles. The lowest BCUT2D eigenvalue weighted by Crippen LogP contribution is -2.26. The van der Waals surface area contributed by atoms with Crippen molar-refractivity contribution in [3.63, 3.8) is 0 Å². The van der Waals surface area contributed by atoms with Gasteiger partial charge in [0.25, 0.3) is 0 Å². The number of anilines is 1. The molecule has 0 N–H and O–H groups in total. The van der Waals surface area contributed by atoms with Gasteiger partial charge in [-0.1, -0.05) is 23.7 Å². The van der Waals surface area contributed by atoms with Crippen LogP contribution >= 0.6 is 11.6 Å². The van der Waals surface area contributed by atoms with Gasteiger partial charge in [-0.15, -0.1) is 0 Å². The maximum atomic E-state index is 11.0. The number of esters is 1. The highest BCUT2D eigenvalue weighted by Gasteiger charge is 2.09. The second kappa shape index (κ2) is 4.86.